The molecule has 12 heteroatoms. The first-order chi connectivity index (χ1) is 17.7. The summed E-state index contributed by atoms with van der Waals surface area (Å²) in [6.07, 6.45) is 4.38. The number of amides is 1. The zero-order chi connectivity index (χ0) is 26.6. The predicted octanol–water partition coefficient (Wildman–Crippen LogP) is 3.09. The van der Waals surface area contributed by atoms with Gasteiger partial charge in [-0.25, -0.2) is 9.78 Å². The van der Waals surface area contributed by atoms with Gasteiger partial charge >= 0.3 is 6.09 Å². The molecule has 0 aromatic carbocycles. The summed E-state index contributed by atoms with van der Waals surface area (Å²) < 4.78 is 18.5. The van der Waals surface area contributed by atoms with Gasteiger partial charge in [0.15, 0.2) is 5.79 Å². The van der Waals surface area contributed by atoms with Crippen LogP contribution >= 0.6 is 11.8 Å². The molecule has 0 spiro atoms. The average molecular weight is 526 g/mol. The lowest BCUT2D eigenvalue weighted by molar-refractivity contribution is -0.139. The lowest BCUT2D eigenvalue weighted by atomic mass is 10.0. The van der Waals surface area contributed by atoms with E-state index in [-0.39, 0.29) is 12.2 Å². The summed E-state index contributed by atoms with van der Waals surface area (Å²) in [4.78, 5) is 17.9. The van der Waals surface area contributed by atoms with Gasteiger partial charge in [-0.2, -0.15) is 15.6 Å². The molecule has 2 aromatic rings. The lowest BCUT2D eigenvalue weighted by Crippen LogP contribution is -2.39. The van der Waals surface area contributed by atoms with Crippen LogP contribution in [-0.2, 0) is 32.9 Å². The van der Waals surface area contributed by atoms with Crippen LogP contribution in [0.25, 0.3) is 0 Å². The van der Waals surface area contributed by atoms with E-state index in [4.69, 9.17) is 24.9 Å². The largest absolute Gasteiger partial charge is 0.446 e. The maximum absolute atomic E-state index is 11.1. The first-order valence-electron chi connectivity index (χ1n) is 12.3. The molecule has 4 rings (SSSR count). The van der Waals surface area contributed by atoms with Crippen LogP contribution in [0.1, 0.15) is 55.9 Å². The molecule has 2 aliphatic rings. The van der Waals surface area contributed by atoms with Gasteiger partial charge in [-0.15, -0.1) is 11.8 Å². The van der Waals surface area contributed by atoms with E-state index in [1.54, 1.807) is 6.20 Å². The van der Waals surface area contributed by atoms with E-state index in [0.29, 0.717) is 78.8 Å². The summed E-state index contributed by atoms with van der Waals surface area (Å²) >= 11 is 1.45. The molecule has 11 nitrogen and oxygen atoms in total. The number of carbonyl (C=O) groups excluding carboxylic acids is 1. The van der Waals surface area contributed by atoms with E-state index in [1.165, 1.54) is 11.8 Å². The second-order valence-electron chi connectivity index (χ2n) is 9.48. The highest BCUT2D eigenvalue weighted by Gasteiger charge is 2.33. The number of hydrogen-bond donors (Lipinski definition) is 1. The van der Waals surface area contributed by atoms with E-state index < -0.39 is 11.9 Å². The van der Waals surface area contributed by atoms with Crippen LogP contribution in [0.4, 0.5) is 10.6 Å². The fraction of sp³-hybridized carbons (Fsp3) is 0.560. The third-order valence-corrected chi connectivity index (χ3v) is 7.42. The molecule has 0 aliphatic carbocycles. The number of nitriles is 2. The van der Waals surface area contributed by atoms with Crippen LogP contribution < -0.4 is 10.6 Å². The quantitative estimate of drug-likeness (QED) is 0.509. The topological polar surface area (TPSA) is 152 Å². The summed E-state index contributed by atoms with van der Waals surface area (Å²) in [6.45, 7) is 7.96. The Bertz CT molecular complexity index is 1220. The Morgan fingerprint density at radius 3 is 2.62 bits per heavy atom. The molecule has 1 atom stereocenters. The van der Waals surface area contributed by atoms with E-state index in [0.717, 1.165) is 5.56 Å². The zero-order valence-corrected chi connectivity index (χ0v) is 22.1. The van der Waals surface area contributed by atoms with E-state index in [9.17, 15) is 15.3 Å². The zero-order valence-electron chi connectivity index (χ0n) is 21.3. The molecule has 4 heterocycles. The molecule has 2 aromatic heterocycles. The minimum Gasteiger partial charge on any atom is -0.446 e. The molecule has 37 heavy (non-hydrogen) atoms. The van der Waals surface area contributed by atoms with Crippen molar-refractivity contribution in [2.24, 2.45) is 5.73 Å². The molecule has 0 bridgehead atoms. The molecule has 1 unspecified atom stereocenters. The van der Waals surface area contributed by atoms with Crippen molar-refractivity contribution in [3.63, 3.8) is 0 Å². The molecule has 2 saturated heterocycles. The van der Waals surface area contributed by atoms with Crippen molar-refractivity contribution >= 4 is 23.7 Å². The maximum atomic E-state index is 11.1. The Hall–Kier alpha value is -3.32. The summed E-state index contributed by atoms with van der Waals surface area (Å²) in [5, 5.41) is 24.9. The molecular weight excluding hydrogens is 494 g/mol. The molecule has 1 amide bonds. The highest BCUT2D eigenvalue weighted by atomic mass is 32.2. The summed E-state index contributed by atoms with van der Waals surface area (Å²) in [5.41, 5.74) is 7.70. The van der Waals surface area contributed by atoms with Crippen LogP contribution in [-0.4, -0.2) is 58.5 Å². The Morgan fingerprint density at radius 1 is 1.30 bits per heavy atom. The van der Waals surface area contributed by atoms with Crippen molar-refractivity contribution in [2.75, 3.05) is 24.6 Å². The van der Waals surface area contributed by atoms with Crippen LogP contribution in [0.3, 0.4) is 0 Å². The van der Waals surface area contributed by atoms with Gasteiger partial charge < -0.3 is 24.8 Å². The number of nitrogens with zero attached hydrogens (tertiary/aromatic N) is 6. The van der Waals surface area contributed by atoms with Crippen molar-refractivity contribution in [1.82, 2.24) is 14.8 Å². The number of thioether (sulfide) groups is 1. The molecule has 0 saturated carbocycles. The van der Waals surface area contributed by atoms with E-state index >= 15 is 0 Å². The van der Waals surface area contributed by atoms with Crippen LogP contribution in [0.2, 0.25) is 0 Å². The third-order valence-electron chi connectivity index (χ3n) is 6.37. The van der Waals surface area contributed by atoms with Crippen molar-refractivity contribution in [3.8, 4) is 12.1 Å². The number of primary amides is 1. The van der Waals surface area contributed by atoms with Gasteiger partial charge in [0.1, 0.15) is 35.2 Å². The summed E-state index contributed by atoms with van der Waals surface area (Å²) in [6, 6.07) is 4.54. The minimum atomic E-state index is -0.782. The van der Waals surface area contributed by atoms with Crippen molar-refractivity contribution in [2.45, 2.75) is 75.4 Å². The Kier molecular flexibility index (Phi) is 8.22. The van der Waals surface area contributed by atoms with Gasteiger partial charge in [0.25, 0.3) is 0 Å². The monoisotopic (exact) mass is 525 g/mol. The maximum Gasteiger partial charge on any atom is 0.404 e. The summed E-state index contributed by atoms with van der Waals surface area (Å²) in [7, 11) is 0. The van der Waals surface area contributed by atoms with Crippen molar-refractivity contribution in [3.05, 3.63) is 34.6 Å². The van der Waals surface area contributed by atoms with Crippen molar-refractivity contribution in [1.29, 1.82) is 10.5 Å². The first kappa shape index (κ1) is 26.7. The second-order valence-corrected chi connectivity index (χ2v) is 10.4. The second kappa shape index (κ2) is 11.4. The molecular formula is C25H31N7O4S. The number of hydrogen-bond acceptors (Lipinski definition) is 10. The number of rotatable bonds is 8. The molecule has 2 aliphatic heterocycles. The van der Waals surface area contributed by atoms with Gasteiger partial charge in [0, 0.05) is 43.4 Å². The van der Waals surface area contributed by atoms with Gasteiger partial charge in [-0.05, 0) is 25.8 Å². The Balaban J connectivity index is 1.50. The van der Waals surface area contributed by atoms with Crippen LogP contribution in [0.15, 0.2) is 17.4 Å². The van der Waals surface area contributed by atoms with Gasteiger partial charge in [0.2, 0.25) is 0 Å². The smallest absolute Gasteiger partial charge is 0.404 e. The van der Waals surface area contributed by atoms with E-state index in [2.05, 4.69) is 17.2 Å². The predicted molar refractivity (Wildman–Crippen MR) is 136 cm³/mol. The molecule has 0 radical (unpaired) electrons. The number of anilines is 1. The fourth-order valence-corrected chi connectivity index (χ4v) is 5.58. The highest BCUT2D eigenvalue weighted by molar-refractivity contribution is 7.98. The van der Waals surface area contributed by atoms with Crippen LogP contribution in [0.5, 0.6) is 0 Å². The van der Waals surface area contributed by atoms with Crippen molar-refractivity contribution < 1.29 is 19.0 Å². The average Bonchev–Trinajstić information content (AvgIpc) is 3.46. The Morgan fingerprint density at radius 2 is 2.03 bits per heavy atom. The highest BCUT2D eigenvalue weighted by Crippen LogP contribution is 2.34. The lowest BCUT2D eigenvalue weighted by Gasteiger charge is -2.33. The Labute approximate surface area is 220 Å². The number of ether oxygens (including phenoxy) is 3. The first-order valence-corrected chi connectivity index (χ1v) is 13.3. The number of piperidine rings is 1. The van der Waals surface area contributed by atoms with Crippen LogP contribution in [0, 0.1) is 22.7 Å². The number of aromatic nitrogens is 3. The number of carbonyl (C=O) groups is 1. The molecule has 2 fully saturated rings. The van der Waals surface area contributed by atoms with Gasteiger partial charge in [-0.1, -0.05) is 6.92 Å². The normalized spacial score (nSPS) is 19.4. The SMILES string of the molecule is CCc1c(C#N)c(SCc2cnn(CC3COC(C)(C)O3)c2)nc(N2CCC(OC(N)=O)CC2)c1C#N. The fourth-order valence-electron chi connectivity index (χ4n) is 4.66. The summed E-state index contributed by atoms with van der Waals surface area (Å²) in [5.74, 6) is 0.553. The number of nitrogens with two attached hydrogens (primary N) is 1. The molecule has 196 valence electrons. The third kappa shape index (κ3) is 6.34. The standard InChI is InChI=1S/C25H31N7O4S/c1-4-19-20(9-26)22(31-7-5-17(6-8-31)35-24(28)33)30-23(21(19)10-27)37-15-16-11-29-32(12-16)13-18-14-34-25(2,3)36-18/h11-12,17-18H,4-8,13-15H2,1-3H3,(H2,28,33). The molecule has 2 N–H and O–H groups in total. The minimum absolute atomic E-state index is 0.0621. The van der Waals surface area contributed by atoms with Gasteiger partial charge in [-0.3, -0.25) is 4.68 Å². The number of pyridine rings is 1. The van der Waals surface area contributed by atoms with Gasteiger partial charge in [0.05, 0.1) is 30.5 Å². The van der Waals surface area contributed by atoms with E-state index in [1.807, 2.05) is 36.5 Å².